The van der Waals surface area contributed by atoms with E-state index < -0.39 is 23.7 Å². The fourth-order valence-electron chi connectivity index (χ4n) is 3.37. The molecule has 1 aliphatic heterocycles. The number of benzene rings is 1. The van der Waals surface area contributed by atoms with Gasteiger partial charge in [0.2, 0.25) is 11.6 Å². The second-order valence-electron chi connectivity index (χ2n) is 9.38. The number of aliphatic carboxylic acids is 1. The zero-order valence-corrected chi connectivity index (χ0v) is 22.5. The second-order valence-corrected chi connectivity index (χ2v) is 9.38. The molecular formula is C27H34N4O6. The highest BCUT2D eigenvalue weighted by Crippen LogP contribution is 2.32. The van der Waals surface area contributed by atoms with Crippen LogP contribution in [-0.4, -0.2) is 42.6 Å². The second kappa shape index (κ2) is 12.2. The number of hydrogen-bond acceptors (Lipinski definition) is 7. The van der Waals surface area contributed by atoms with Crippen LogP contribution in [0.25, 0.3) is 5.57 Å². The zero-order chi connectivity index (χ0) is 27.9. The number of carboxylic acids is 1. The number of amides is 2. The van der Waals surface area contributed by atoms with Crippen LogP contribution in [0.3, 0.4) is 0 Å². The van der Waals surface area contributed by atoms with Gasteiger partial charge < -0.3 is 30.0 Å². The molecule has 0 fully saturated rings. The summed E-state index contributed by atoms with van der Waals surface area (Å²) < 4.78 is 12.8. The fourth-order valence-corrected chi connectivity index (χ4v) is 3.37. The molecule has 2 heterocycles. The molecule has 1 aromatic carbocycles. The quantitative estimate of drug-likeness (QED) is 0.594. The topological polar surface area (TPSA) is 133 Å². The number of fused-ring (bicyclic) bond motifs is 1. The van der Waals surface area contributed by atoms with Crippen LogP contribution in [0.4, 0.5) is 16.2 Å². The number of ether oxygens (including phenoxy) is 2. The average molecular weight is 511 g/mol. The van der Waals surface area contributed by atoms with Gasteiger partial charge in [0.1, 0.15) is 17.3 Å². The SMILES string of the molecule is CC(=O)[O-].COc1cc(NC(=O)[C@H](C)NC(=O)OC(C)(C)C)ccc1N=C1C(C)=C(C)c2cccc[n+]21. The highest BCUT2D eigenvalue weighted by molar-refractivity contribution is 6.03. The highest BCUT2D eigenvalue weighted by atomic mass is 16.6. The number of carboxylic acid groups (broad SMARTS) is 1. The van der Waals surface area contributed by atoms with Crippen LogP contribution in [0.1, 0.15) is 54.2 Å². The monoisotopic (exact) mass is 510 g/mol. The third-order valence-corrected chi connectivity index (χ3v) is 5.17. The van der Waals surface area contributed by atoms with Crippen LogP contribution < -0.4 is 25.0 Å². The highest BCUT2D eigenvalue weighted by Gasteiger charge is 2.30. The van der Waals surface area contributed by atoms with Gasteiger partial charge in [-0.2, -0.15) is 4.57 Å². The number of nitrogens with one attached hydrogen (secondary N) is 2. The molecule has 0 saturated carbocycles. The maximum Gasteiger partial charge on any atom is 0.408 e. The Balaban J connectivity index is 0.00000112. The lowest BCUT2D eigenvalue weighted by Crippen LogP contribution is -2.43. The molecule has 0 saturated heterocycles. The number of anilines is 1. The van der Waals surface area contributed by atoms with E-state index in [-0.39, 0.29) is 5.91 Å². The summed E-state index contributed by atoms with van der Waals surface area (Å²) in [6.45, 7) is 12.0. The Morgan fingerprint density at radius 3 is 2.32 bits per heavy atom. The number of rotatable bonds is 5. The number of carbonyl (C=O) groups is 3. The minimum atomic E-state index is -1.08. The average Bonchev–Trinajstić information content (AvgIpc) is 3.03. The van der Waals surface area contributed by atoms with Gasteiger partial charge in [-0.25, -0.2) is 4.79 Å². The van der Waals surface area contributed by atoms with Crippen molar-refractivity contribution < 1.29 is 33.5 Å². The largest absolute Gasteiger partial charge is 0.550 e. The van der Waals surface area contributed by atoms with E-state index in [0.717, 1.165) is 24.0 Å². The van der Waals surface area contributed by atoms with Gasteiger partial charge in [0, 0.05) is 23.3 Å². The first-order valence-corrected chi connectivity index (χ1v) is 11.7. The molecule has 2 N–H and O–H groups in total. The third-order valence-electron chi connectivity index (χ3n) is 5.17. The van der Waals surface area contributed by atoms with E-state index in [1.165, 1.54) is 5.57 Å². The first kappa shape index (κ1) is 29.0. The zero-order valence-electron chi connectivity index (χ0n) is 22.5. The molecule has 37 heavy (non-hydrogen) atoms. The molecule has 10 nitrogen and oxygen atoms in total. The van der Waals surface area contributed by atoms with Gasteiger partial charge in [0.05, 0.1) is 18.9 Å². The minimum Gasteiger partial charge on any atom is -0.550 e. The van der Waals surface area contributed by atoms with Crippen molar-refractivity contribution >= 4 is 40.8 Å². The summed E-state index contributed by atoms with van der Waals surface area (Å²) in [5.41, 5.74) is 3.88. The van der Waals surface area contributed by atoms with Crippen molar-refractivity contribution in [1.29, 1.82) is 0 Å². The lowest BCUT2D eigenvalue weighted by atomic mass is 10.1. The molecular weight excluding hydrogens is 476 g/mol. The van der Waals surface area contributed by atoms with Gasteiger partial charge in [-0.3, -0.25) is 4.79 Å². The Kier molecular flexibility index (Phi) is 9.54. The van der Waals surface area contributed by atoms with E-state index >= 15 is 0 Å². The molecule has 0 unspecified atom stereocenters. The molecule has 2 amide bonds. The summed E-state index contributed by atoms with van der Waals surface area (Å²) >= 11 is 0. The number of nitrogens with zero attached hydrogens (tertiary/aromatic N) is 2. The molecule has 10 heteroatoms. The Hall–Kier alpha value is -4.21. The van der Waals surface area contributed by atoms with E-state index in [2.05, 4.69) is 23.6 Å². The molecule has 0 spiro atoms. The van der Waals surface area contributed by atoms with Crippen LogP contribution in [-0.2, 0) is 14.3 Å². The van der Waals surface area contributed by atoms with Gasteiger partial charge in [-0.05, 0) is 77.7 Å². The van der Waals surface area contributed by atoms with Gasteiger partial charge in [0.15, 0.2) is 5.75 Å². The first-order valence-electron chi connectivity index (χ1n) is 11.7. The fraction of sp³-hybridized carbons (Fsp3) is 0.370. The van der Waals surface area contributed by atoms with Crippen molar-refractivity contribution in [3.8, 4) is 5.75 Å². The van der Waals surface area contributed by atoms with Crippen molar-refractivity contribution in [2.24, 2.45) is 4.99 Å². The molecule has 0 bridgehead atoms. The number of carbonyl (C=O) groups excluding carboxylic acids is 3. The molecule has 1 atom stereocenters. The molecule has 0 radical (unpaired) electrons. The number of hydrogen-bond donors (Lipinski definition) is 2. The van der Waals surface area contributed by atoms with Gasteiger partial charge in [-0.1, -0.05) is 6.07 Å². The molecule has 1 aromatic heterocycles. The van der Waals surface area contributed by atoms with Gasteiger partial charge >= 0.3 is 11.9 Å². The van der Waals surface area contributed by atoms with Gasteiger partial charge in [0.25, 0.3) is 0 Å². The number of aromatic nitrogens is 1. The van der Waals surface area contributed by atoms with Crippen LogP contribution in [0, 0.1) is 0 Å². The number of aliphatic imine (C=N–C) groups is 1. The maximum absolute atomic E-state index is 12.5. The molecule has 3 rings (SSSR count). The summed E-state index contributed by atoms with van der Waals surface area (Å²) in [6.07, 6.45) is 1.33. The summed E-state index contributed by atoms with van der Waals surface area (Å²) in [6, 6.07) is 10.5. The van der Waals surface area contributed by atoms with Crippen molar-refractivity contribution in [3.05, 3.63) is 53.9 Å². The van der Waals surface area contributed by atoms with Crippen LogP contribution in [0.5, 0.6) is 5.75 Å². The smallest absolute Gasteiger partial charge is 0.408 e. The lowest BCUT2D eigenvalue weighted by Gasteiger charge is -2.21. The summed E-state index contributed by atoms with van der Waals surface area (Å²) in [7, 11) is 1.56. The van der Waals surface area contributed by atoms with Crippen LogP contribution in [0.2, 0.25) is 0 Å². The minimum absolute atomic E-state index is 0.378. The van der Waals surface area contributed by atoms with Crippen molar-refractivity contribution in [1.82, 2.24) is 5.32 Å². The van der Waals surface area contributed by atoms with Crippen LogP contribution >= 0.6 is 0 Å². The van der Waals surface area contributed by atoms with Gasteiger partial charge in [-0.15, -0.1) is 0 Å². The standard InChI is InChI=1S/C25H30N4O4.C2H4O2/c1-15-16(2)22(29-13-9-8-10-20(15)29)28-19-12-11-18(14-21(19)32-7)27-23(30)17(3)26-24(31)33-25(4,5)6;1-2(3)4/h8-14,17H,1-7H3,(H,26,31);1H3,(H,3,4)/t17-;/m0./s1. The van der Waals surface area contributed by atoms with E-state index in [4.69, 9.17) is 24.4 Å². The predicted octanol–water partition coefficient (Wildman–Crippen LogP) is 2.98. The number of alkyl carbamates (subject to hydrolysis) is 1. The summed E-state index contributed by atoms with van der Waals surface area (Å²) in [4.78, 5) is 38.2. The van der Waals surface area contributed by atoms with Crippen LogP contribution in [0.15, 0.2) is 53.2 Å². The van der Waals surface area contributed by atoms with E-state index in [1.807, 2.05) is 29.8 Å². The molecule has 0 aliphatic carbocycles. The molecule has 1 aliphatic rings. The van der Waals surface area contributed by atoms with E-state index in [0.29, 0.717) is 17.1 Å². The normalized spacial score (nSPS) is 14.2. The molecule has 198 valence electrons. The Labute approximate surface area is 217 Å². The third kappa shape index (κ3) is 8.16. The van der Waals surface area contributed by atoms with E-state index in [1.54, 1.807) is 53.0 Å². The Morgan fingerprint density at radius 2 is 1.73 bits per heavy atom. The molecule has 2 aromatic rings. The number of allylic oxidation sites excluding steroid dienone is 2. The first-order chi connectivity index (χ1) is 17.2. The Bertz CT molecular complexity index is 1240. The Morgan fingerprint density at radius 1 is 1.08 bits per heavy atom. The number of pyridine rings is 1. The summed E-state index contributed by atoms with van der Waals surface area (Å²) in [5.74, 6) is -0.117. The van der Waals surface area contributed by atoms with Crippen molar-refractivity contribution in [2.75, 3.05) is 12.4 Å². The lowest BCUT2D eigenvalue weighted by molar-refractivity contribution is -0.554. The predicted molar refractivity (Wildman–Crippen MR) is 139 cm³/mol. The summed E-state index contributed by atoms with van der Waals surface area (Å²) in [5, 5.41) is 14.2. The maximum atomic E-state index is 12.5. The van der Waals surface area contributed by atoms with E-state index in [9.17, 15) is 9.59 Å². The number of methoxy groups -OCH3 is 1. The van der Waals surface area contributed by atoms with Crippen molar-refractivity contribution in [3.63, 3.8) is 0 Å². The van der Waals surface area contributed by atoms with Crippen molar-refractivity contribution in [2.45, 2.75) is 60.1 Å².